The monoisotopic (exact) mass is 484 g/mol. The number of benzene rings is 1. The average molecular weight is 484 g/mol. The first-order valence-corrected chi connectivity index (χ1v) is 11.0. The molecule has 2 saturated heterocycles. The summed E-state index contributed by atoms with van der Waals surface area (Å²) in [7, 11) is 1.64. The quantitative estimate of drug-likeness (QED) is 0.696. The molecular weight excluding hydrogens is 461 g/mol. The molecule has 1 aromatic heterocycles. The van der Waals surface area contributed by atoms with E-state index < -0.39 is 12.1 Å². The highest BCUT2D eigenvalue weighted by Crippen LogP contribution is 2.46. The van der Waals surface area contributed by atoms with Crippen LogP contribution < -0.4 is 9.47 Å². The Morgan fingerprint density at radius 3 is 2.42 bits per heavy atom. The summed E-state index contributed by atoms with van der Waals surface area (Å²) in [6, 6.07) is 11.5. The van der Waals surface area contributed by atoms with E-state index in [2.05, 4.69) is 4.98 Å². The van der Waals surface area contributed by atoms with Crippen LogP contribution in [0.2, 0.25) is 0 Å². The van der Waals surface area contributed by atoms with Gasteiger partial charge in [0.1, 0.15) is 17.6 Å². The van der Waals surface area contributed by atoms with Crippen molar-refractivity contribution in [2.24, 2.45) is 0 Å². The minimum Gasteiger partial charge on any atom is -0.497 e. The smallest absolute Gasteiger partial charge is 0.490 e. The molecule has 1 N–H and O–H groups in total. The van der Waals surface area contributed by atoms with Crippen LogP contribution in [0, 0.1) is 0 Å². The Kier molecular flexibility index (Phi) is 7.72. The number of thioether (sulfide) groups is 1. The van der Waals surface area contributed by atoms with E-state index >= 15 is 0 Å². The van der Waals surface area contributed by atoms with Gasteiger partial charge in [-0.2, -0.15) is 13.2 Å². The Morgan fingerprint density at radius 1 is 1.21 bits per heavy atom. The van der Waals surface area contributed by atoms with Crippen LogP contribution in [-0.4, -0.2) is 69.8 Å². The fraction of sp³-hybridized carbons (Fsp3) is 0.409. The summed E-state index contributed by atoms with van der Waals surface area (Å²) in [6.07, 6.45) is 0.0408. The predicted molar refractivity (Wildman–Crippen MR) is 115 cm³/mol. The molecule has 178 valence electrons. The van der Waals surface area contributed by atoms with Crippen LogP contribution >= 0.6 is 11.8 Å². The van der Waals surface area contributed by atoms with E-state index in [9.17, 15) is 18.0 Å². The van der Waals surface area contributed by atoms with Crippen LogP contribution in [0.4, 0.5) is 13.2 Å². The highest BCUT2D eigenvalue weighted by atomic mass is 32.2. The lowest BCUT2D eigenvalue weighted by Crippen LogP contribution is -2.61. The summed E-state index contributed by atoms with van der Waals surface area (Å²) in [6.45, 7) is 1.64. The summed E-state index contributed by atoms with van der Waals surface area (Å²) in [5, 5.41) is 7.12. The van der Waals surface area contributed by atoms with Crippen molar-refractivity contribution in [3.8, 4) is 11.5 Å². The summed E-state index contributed by atoms with van der Waals surface area (Å²) in [5.41, 5.74) is 1.02. The molecule has 11 heteroatoms. The largest absolute Gasteiger partial charge is 0.497 e. The fourth-order valence-corrected chi connectivity index (χ4v) is 5.09. The zero-order valence-corrected chi connectivity index (χ0v) is 18.6. The van der Waals surface area contributed by atoms with Gasteiger partial charge < -0.3 is 19.5 Å². The topological polar surface area (TPSA) is 89.0 Å². The number of carbonyl (C=O) groups is 2. The predicted octanol–water partition coefficient (Wildman–Crippen LogP) is 3.43. The molecule has 33 heavy (non-hydrogen) atoms. The lowest BCUT2D eigenvalue weighted by atomic mass is 9.92. The third-order valence-electron chi connectivity index (χ3n) is 5.18. The van der Waals surface area contributed by atoms with Crippen molar-refractivity contribution >= 4 is 23.6 Å². The molecule has 0 saturated carbocycles. The van der Waals surface area contributed by atoms with E-state index in [4.69, 9.17) is 19.4 Å². The highest BCUT2D eigenvalue weighted by molar-refractivity contribution is 8.01. The Morgan fingerprint density at radius 2 is 1.88 bits per heavy atom. The van der Waals surface area contributed by atoms with Crippen molar-refractivity contribution in [1.29, 1.82) is 0 Å². The molecule has 1 aromatic carbocycles. The molecule has 2 aromatic rings. The number of amides is 1. The summed E-state index contributed by atoms with van der Waals surface area (Å²) in [4.78, 5) is 27.5. The SMILES string of the molecule is COc1ccc(CC(=O)N2CC3(CC(Oc4cccnc4)CS3)C2)cc1.O=C(O)C(F)(F)F. The molecule has 7 nitrogen and oxygen atoms in total. The summed E-state index contributed by atoms with van der Waals surface area (Å²) >= 11 is 1.94. The number of pyridine rings is 1. The van der Waals surface area contributed by atoms with Gasteiger partial charge in [-0.3, -0.25) is 9.78 Å². The second-order valence-electron chi connectivity index (χ2n) is 7.70. The van der Waals surface area contributed by atoms with Gasteiger partial charge in [0.25, 0.3) is 0 Å². The lowest BCUT2D eigenvalue weighted by Gasteiger charge is -2.47. The Labute approximate surface area is 192 Å². The van der Waals surface area contributed by atoms with E-state index in [0.717, 1.165) is 42.3 Å². The molecule has 1 amide bonds. The molecule has 2 aliphatic rings. The van der Waals surface area contributed by atoms with E-state index in [1.54, 1.807) is 19.5 Å². The first-order valence-electron chi connectivity index (χ1n) is 10.0. The van der Waals surface area contributed by atoms with Gasteiger partial charge in [0.2, 0.25) is 5.91 Å². The first-order chi connectivity index (χ1) is 15.6. The number of carboxylic acid groups (broad SMARTS) is 1. The van der Waals surface area contributed by atoms with E-state index in [0.29, 0.717) is 6.42 Å². The molecule has 2 fully saturated rings. The number of nitrogens with zero attached hydrogens (tertiary/aromatic N) is 2. The maximum Gasteiger partial charge on any atom is 0.490 e. The van der Waals surface area contributed by atoms with E-state index in [1.165, 1.54) is 0 Å². The minimum atomic E-state index is -5.08. The second kappa shape index (κ2) is 10.3. The molecule has 3 heterocycles. The Hall–Kier alpha value is -2.95. The van der Waals surface area contributed by atoms with Crippen molar-refractivity contribution in [3.05, 3.63) is 54.4 Å². The minimum absolute atomic E-state index is 0.169. The van der Waals surface area contributed by atoms with E-state index in [-0.39, 0.29) is 16.8 Å². The number of carbonyl (C=O) groups excluding carboxylic acids is 1. The normalized spacial score (nSPS) is 18.7. The van der Waals surface area contributed by atoms with Crippen molar-refractivity contribution in [3.63, 3.8) is 0 Å². The van der Waals surface area contributed by atoms with Crippen LogP contribution in [0.15, 0.2) is 48.8 Å². The van der Waals surface area contributed by atoms with Crippen LogP contribution in [0.1, 0.15) is 12.0 Å². The number of carboxylic acids is 1. The third kappa shape index (κ3) is 6.77. The van der Waals surface area contributed by atoms with Gasteiger partial charge in [-0.05, 0) is 29.8 Å². The van der Waals surface area contributed by atoms with Crippen LogP contribution in [0.25, 0.3) is 0 Å². The number of methoxy groups -OCH3 is 1. The van der Waals surface area contributed by atoms with Gasteiger partial charge >= 0.3 is 12.1 Å². The van der Waals surface area contributed by atoms with Gasteiger partial charge in [-0.25, -0.2) is 4.79 Å². The number of likely N-dealkylation sites (tertiary alicyclic amines) is 1. The van der Waals surface area contributed by atoms with Gasteiger partial charge in [0.05, 0.1) is 24.5 Å². The number of halogens is 3. The zero-order chi connectivity index (χ0) is 24.1. The Bertz CT molecular complexity index is 951. The maximum absolute atomic E-state index is 12.5. The molecule has 1 spiro atoms. The van der Waals surface area contributed by atoms with Crippen molar-refractivity contribution in [1.82, 2.24) is 9.88 Å². The number of alkyl halides is 3. The second-order valence-corrected chi connectivity index (χ2v) is 9.19. The number of hydrogen-bond acceptors (Lipinski definition) is 6. The third-order valence-corrected chi connectivity index (χ3v) is 6.76. The number of ether oxygens (including phenoxy) is 2. The Balaban J connectivity index is 0.000000383. The van der Waals surface area contributed by atoms with Gasteiger partial charge in [-0.15, -0.1) is 11.8 Å². The number of aliphatic carboxylic acids is 1. The number of hydrogen-bond donors (Lipinski definition) is 1. The number of rotatable bonds is 5. The molecular formula is C22H23F3N2O5S. The molecule has 0 bridgehead atoms. The molecule has 0 radical (unpaired) electrons. The van der Waals surface area contributed by atoms with Crippen molar-refractivity contribution in [2.45, 2.75) is 29.9 Å². The zero-order valence-electron chi connectivity index (χ0n) is 17.7. The molecule has 1 unspecified atom stereocenters. The van der Waals surface area contributed by atoms with Crippen LogP contribution in [-0.2, 0) is 16.0 Å². The maximum atomic E-state index is 12.5. The first kappa shape index (κ1) is 24.7. The van der Waals surface area contributed by atoms with Crippen molar-refractivity contribution in [2.75, 3.05) is 26.0 Å². The number of aromatic nitrogens is 1. The van der Waals surface area contributed by atoms with Crippen molar-refractivity contribution < 1.29 is 37.3 Å². The molecule has 2 aliphatic heterocycles. The van der Waals surface area contributed by atoms with Gasteiger partial charge in [0.15, 0.2) is 0 Å². The van der Waals surface area contributed by atoms with Gasteiger partial charge in [-0.1, -0.05) is 12.1 Å². The fourth-order valence-electron chi connectivity index (χ4n) is 3.56. The highest BCUT2D eigenvalue weighted by Gasteiger charge is 2.51. The molecule has 0 aliphatic carbocycles. The molecule has 4 rings (SSSR count). The summed E-state index contributed by atoms with van der Waals surface area (Å²) in [5.74, 6) is 0.0358. The lowest BCUT2D eigenvalue weighted by molar-refractivity contribution is -0.192. The van der Waals surface area contributed by atoms with Gasteiger partial charge in [0, 0.05) is 31.5 Å². The molecule has 1 atom stereocenters. The average Bonchev–Trinajstić information content (AvgIpc) is 3.18. The van der Waals surface area contributed by atoms with Crippen LogP contribution in [0.5, 0.6) is 11.5 Å². The summed E-state index contributed by atoms with van der Waals surface area (Å²) < 4.78 is 43.1. The van der Waals surface area contributed by atoms with Crippen LogP contribution in [0.3, 0.4) is 0 Å². The standard InChI is InChI=1S/C20H22N2O3S.C2HF3O2/c1-24-16-6-4-15(5-7-16)9-19(23)22-13-20(14-22)10-18(12-26-20)25-17-3-2-8-21-11-17;3-2(4,5)1(6)7/h2-8,11,18H,9-10,12-14H2,1H3;(H,6,7). The van der Waals surface area contributed by atoms with E-state index in [1.807, 2.05) is 53.1 Å².